The van der Waals surface area contributed by atoms with Gasteiger partial charge in [-0.25, -0.2) is 4.79 Å². The summed E-state index contributed by atoms with van der Waals surface area (Å²) < 4.78 is 11.4. The minimum absolute atomic E-state index is 0.000809. The number of thiophene rings is 1. The molecule has 1 aliphatic heterocycles. The number of aryl methyl sites for hydroxylation is 1. The Morgan fingerprint density at radius 2 is 2.25 bits per heavy atom. The van der Waals surface area contributed by atoms with Crippen LogP contribution in [0.15, 0.2) is 21.3 Å². The number of carbonyl (C=O) groups is 1. The molecule has 1 saturated carbocycles. The van der Waals surface area contributed by atoms with E-state index in [4.69, 9.17) is 9.26 Å². The lowest BCUT2D eigenvalue weighted by atomic mass is 10.1. The van der Waals surface area contributed by atoms with Gasteiger partial charge in [0.2, 0.25) is 0 Å². The maximum Gasteiger partial charge on any atom is 0.322 e. The lowest BCUT2D eigenvalue weighted by molar-refractivity contribution is -0.0640. The monoisotopic (exact) mass is 347 g/mol. The minimum atomic E-state index is -0.112. The molecule has 2 aromatic heterocycles. The quantitative estimate of drug-likeness (QED) is 0.914. The van der Waals surface area contributed by atoms with Crippen molar-refractivity contribution in [2.75, 3.05) is 18.4 Å². The largest absolute Gasteiger partial charge is 0.367 e. The van der Waals surface area contributed by atoms with E-state index in [1.165, 1.54) is 0 Å². The number of hydrogen-bond donors (Lipinski definition) is 1. The summed E-state index contributed by atoms with van der Waals surface area (Å²) in [5.41, 5.74) is 2.61. The van der Waals surface area contributed by atoms with Gasteiger partial charge in [-0.1, -0.05) is 5.16 Å². The van der Waals surface area contributed by atoms with Crippen LogP contribution in [0, 0.1) is 6.92 Å². The third-order valence-electron chi connectivity index (χ3n) is 4.53. The molecule has 1 N–H and O–H groups in total. The Hall–Kier alpha value is -1.86. The summed E-state index contributed by atoms with van der Waals surface area (Å²) in [6.45, 7) is 4.99. The standard InChI is InChI=1S/C17H21N3O3S/c1-10-7-20(8-14(22-10)13-5-6-24-9-13)17(21)18-15-11(2)19-23-16(15)12-3-4-12/h5-6,9-10,12,14H,3-4,7-8H2,1-2H3,(H,18,21). The van der Waals surface area contributed by atoms with Gasteiger partial charge in [0.25, 0.3) is 0 Å². The number of nitrogens with zero attached hydrogens (tertiary/aromatic N) is 2. The van der Waals surface area contributed by atoms with Crippen LogP contribution in [-0.4, -0.2) is 35.3 Å². The molecule has 0 radical (unpaired) electrons. The number of ether oxygens (including phenoxy) is 1. The Morgan fingerprint density at radius 3 is 2.96 bits per heavy atom. The Morgan fingerprint density at radius 1 is 1.42 bits per heavy atom. The number of anilines is 1. The highest BCUT2D eigenvalue weighted by Crippen LogP contribution is 2.44. The van der Waals surface area contributed by atoms with Gasteiger partial charge >= 0.3 is 6.03 Å². The molecule has 2 atom stereocenters. The SMILES string of the molecule is Cc1noc(C2CC2)c1NC(=O)N1CC(C)OC(c2ccsc2)C1. The van der Waals surface area contributed by atoms with Gasteiger partial charge in [-0.15, -0.1) is 0 Å². The summed E-state index contributed by atoms with van der Waals surface area (Å²) in [6, 6.07) is 1.94. The van der Waals surface area contributed by atoms with E-state index in [2.05, 4.69) is 21.9 Å². The predicted octanol–water partition coefficient (Wildman–Crippen LogP) is 3.92. The molecular formula is C17H21N3O3S. The first kappa shape index (κ1) is 15.7. The molecule has 0 bridgehead atoms. The number of rotatable bonds is 3. The molecule has 1 aliphatic carbocycles. The van der Waals surface area contributed by atoms with Crippen LogP contribution in [0.2, 0.25) is 0 Å². The molecule has 2 amide bonds. The van der Waals surface area contributed by atoms with Crippen molar-refractivity contribution in [3.63, 3.8) is 0 Å². The van der Waals surface area contributed by atoms with E-state index < -0.39 is 0 Å². The van der Waals surface area contributed by atoms with E-state index in [0.717, 1.165) is 35.5 Å². The van der Waals surface area contributed by atoms with Crippen LogP contribution in [-0.2, 0) is 4.74 Å². The number of nitrogens with one attached hydrogen (secondary N) is 1. The van der Waals surface area contributed by atoms with Crippen LogP contribution in [0.25, 0.3) is 0 Å². The summed E-state index contributed by atoms with van der Waals surface area (Å²) in [4.78, 5) is 14.6. The van der Waals surface area contributed by atoms with Crippen molar-refractivity contribution >= 4 is 23.1 Å². The highest BCUT2D eigenvalue weighted by atomic mass is 32.1. The fourth-order valence-corrected chi connectivity index (χ4v) is 3.81. The first-order chi connectivity index (χ1) is 11.6. The van der Waals surface area contributed by atoms with E-state index >= 15 is 0 Å². The predicted molar refractivity (Wildman–Crippen MR) is 91.4 cm³/mol. The molecule has 2 aromatic rings. The van der Waals surface area contributed by atoms with Crippen LogP contribution in [0.3, 0.4) is 0 Å². The lowest BCUT2D eigenvalue weighted by Gasteiger charge is -2.36. The van der Waals surface area contributed by atoms with E-state index in [-0.39, 0.29) is 18.2 Å². The lowest BCUT2D eigenvalue weighted by Crippen LogP contribution is -2.47. The number of carbonyl (C=O) groups excluding carboxylic acids is 1. The normalized spacial score (nSPS) is 24.2. The topological polar surface area (TPSA) is 67.6 Å². The molecule has 4 rings (SSSR count). The third kappa shape index (κ3) is 3.06. The van der Waals surface area contributed by atoms with Crippen LogP contribution < -0.4 is 5.32 Å². The third-order valence-corrected chi connectivity index (χ3v) is 5.23. The molecule has 128 valence electrons. The van der Waals surface area contributed by atoms with Crippen LogP contribution in [0.5, 0.6) is 0 Å². The van der Waals surface area contributed by atoms with Crippen LogP contribution in [0.1, 0.15) is 48.8 Å². The van der Waals surface area contributed by atoms with Crippen LogP contribution in [0.4, 0.5) is 10.5 Å². The van der Waals surface area contributed by atoms with Gasteiger partial charge in [-0.05, 0) is 49.1 Å². The summed E-state index contributed by atoms with van der Waals surface area (Å²) in [5, 5.41) is 11.1. The number of aromatic nitrogens is 1. The van der Waals surface area contributed by atoms with Gasteiger partial charge in [0.1, 0.15) is 17.5 Å². The zero-order valence-electron chi connectivity index (χ0n) is 13.8. The molecule has 3 heterocycles. The summed E-state index contributed by atoms with van der Waals surface area (Å²) in [6.07, 6.45) is 2.14. The first-order valence-corrected chi connectivity index (χ1v) is 9.25. The van der Waals surface area contributed by atoms with E-state index in [1.807, 2.05) is 24.1 Å². The van der Waals surface area contributed by atoms with Crippen molar-refractivity contribution in [1.82, 2.24) is 10.1 Å². The molecule has 6 nitrogen and oxygen atoms in total. The maximum atomic E-state index is 12.8. The smallest absolute Gasteiger partial charge is 0.322 e. The molecule has 1 saturated heterocycles. The second-order valence-corrected chi connectivity index (χ2v) is 7.39. The molecule has 24 heavy (non-hydrogen) atoms. The van der Waals surface area contributed by atoms with Crippen molar-refractivity contribution in [1.29, 1.82) is 0 Å². The van der Waals surface area contributed by atoms with Crippen LogP contribution >= 0.6 is 11.3 Å². The van der Waals surface area contributed by atoms with Gasteiger partial charge in [-0.2, -0.15) is 11.3 Å². The highest BCUT2D eigenvalue weighted by molar-refractivity contribution is 7.07. The maximum absolute atomic E-state index is 12.8. The van der Waals surface area contributed by atoms with E-state index in [9.17, 15) is 4.79 Å². The minimum Gasteiger partial charge on any atom is -0.367 e. The highest BCUT2D eigenvalue weighted by Gasteiger charge is 2.34. The van der Waals surface area contributed by atoms with E-state index in [0.29, 0.717) is 19.0 Å². The molecule has 2 fully saturated rings. The Bertz CT molecular complexity index is 724. The number of amides is 2. The summed E-state index contributed by atoms with van der Waals surface area (Å²) >= 11 is 1.64. The van der Waals surface area contributed by atoms with Crippen molar-refractivity contribution in [2.24, 2.45) is 0 Å². The summed E-state index contributed by atoms with van der Waals surface area (Å²) in [5.74, 6) is 1.22. The number of morpholine rings is 1. The second kappa shape index (κ2) is 6.22. The molecule has 0 spiro atoms. The zero-order valence-corrected chi connectivity index (χ0v) is 14.6. The second-order valence-electron chi connectivity index (χ2n) is 6.61. The Labute approximate surface area is 144 Å². The number of hydrogen-bond acceptors (Lipinski definition) is 5. The Kier molecular flexibility index (Phi) is 4.05. The van der Waals surface area contributed by atoms with Crippen molar-refractivity contribution in [2.45, 2.75) is 44.8 Å². The first-order valence-electron chi connectivity index (χ1n) is 8.31. The average Bonchev–Trinajstić information content (AvgIpc) is 3.12. The zero-order chi connectivity index (χ0) is 16.7. The van der Waals surface area contributed by atoms with Crippen molar-refractivity contribution in [3.05, 3.63) is 33.8 Å². The molecular weight excluding hydrogens is 326 g/mol. The fraction of sp³-hybridized carbons (Fsp3) is 0.529. The van der Waals surface area contributed by atoms with Gasteiger partial charge in [-0.3, -0.25) is 0 Å². The van der Waals surface area contributed by atoms with E-state index in [1.54, 1.807) is 11.3 Å². The molecule has 2 unspecified atom stereocenters. The number of urea groups is 1. The van der Waals surface area contributed by atoms with Gasteiger partial charge in [0, 0.05) is 12.5 Å². The van der Waals surface area contributed by atoms with Gasteiger partial charge in [0.05, 0.1) is 12.6 Å². The Balaban J connectivity index is 1.48. The molecule has 7 heteroatoms. The summed E-state index contributed by atoms with van der Waals surface area (Å²) in [7, 11) is 0. The average molecular weight is 347 g/mol. The van der Waals surface area contributed by atoms with Crippen molar-refractivity contribution in [3.8, 4) is 0 Å². The van der Waals surface area contributed by atoms with Gasteiger partial charge in [0.15, 0.2) is 5.76 Å². The molecule has 0 aromatic carbocycles. The fourth-order valence-electron chi connectivity index (χ4n) is 3.11. The van der Waals surface area contributed by atoms with Crippen molar-refractivity contribution < 1.29 is 14.1 Å². The molecule has 2 aliphatic rings. The van der Waals surface area contributed by atoms with Gasteiger partial charge < -0.3 is 19.5 Å².